The highest BCUT2D eigenvalue weighted by atomic mass is 16.5. The zero-order valence-electron chi connectivity index (χ0n) is 11.3. The van der Waals surface area contributed by atoms with Crippen LogP contribution in [0.4, 0.5) is 0 Å². The predicted octanol–water partition coefficient (Wildman–Crippen LogP) is 2.86. The molecule has 0 fully saturated rings. The van der Waals surface area contributed by atoms with Gasteiger partial charge in [-0.15, -0.1) is 0 Å². The predicted molar refractivity (Wildman–Crippen MR) is 74.6 cm³/mol. The smallest absolute Gasteiger partial charge is 0.147 e. The molecule has 0 amide bonds. The first kappa shape index (κ1) is 15.0. The molecule has 1 rings (SSSR count). The molecule has 0 aliphatic heterocycles. The Kier molecular flexibility index (Phi) is 7.46. The maximum atomic E-state index is 8.67. The second-order valence-corrected chi connectivity index (χ2v) is 4.62. The Labute approximate surface area is 110 Å². The van der Waals surface area contributed by atoms with Crippen molar-refractivity contribution in [2.75, 3.05) is 6.61 Å². The number of nitrogens with two attached hydrogens (primary N) is 1. The van der Waals surface area contributed by atoms with Gasteiger partial charge < -0.3 is 9.84 Å². The van der Waals surface area contributed by atoms with Gasteiger partial charge in [0.15, 0.2) is 0 Å². The van der Waals surface area contributed by atoms with Gasteiger partial charge in [0.2, 0.25) is 0 Å². The fraction of sp³-hybridized carbons (Fsp3) is 0.600. The van der Waals surface area contributed by atoms with Crippen LogP contribution in [0.15, 0.2) is 24.3 Å². The van der Waals surface area contributed by atoms with Crippen molar-refractivity contribution in [2.24, 2.45) is 5.73 Å². The molecule has 0 aromatic heterocycles. The zero-order chi connectivity index (χ0) is 13.2. The van der Waals surface area contributed by atoms with E-state index in [1.165, 1.54) is 5.56 Å². The molecule has 1 unspecified atom stereocenters. The zero-order valence-corrected chi connectivity index (χ0v) is 11.3. The SMILES string of the molecule is CCCc1ccc(OC(N)CCCCCO)cc1. The Morgan fingerprint density at radius 3 is 2.50 bits per heavy atom. The molecule has 1 aromatic rings. The van der Waals surface area contributed by atoms with Crippen molar-refractivity contribution >= 4 is 0 Å². The summed E-state index contributed by atoms with van der Waals surface area (Å²) < 4.78 is 5.64. The maximum Gasteiger partial charge on any atom is 0.147 e. The van der Waals surface area contributed by atoms with Gasteiger partial charge in [0.25, 0.3) is 0 Å². The number of aryl methyl sites for hydroxylation is 1. The molecule has 0 radical (unpaired) electrons. The number of ether oxygens (including phenoxy) is 1. The van der Waals surface area contributed by atoms with Gasteiger partial charge in [-0.25, -0.2) is 0 Å². The van der Waals surface area contributed by atoms with Crippen molar-refractivity contribution in [2.45, 2.75) is 51.7 Å². The van der Waals surface area contributed by atoms with E-state index in [2.05, 4.69) is 19.1 Å². The molecular formula is C15H25NO2. The molecule has 3 nitrogen and oxygen atoms in total. The van der Waals surface area contributed by atoms with Crippen molar-refractivity contribution in [1.82, 2.24) is 0 Å². The lowest BCUT2D eigenvalue weighted by Gasteiger charge is -2.14. The fourth-order valence-corrected chi connectivity index (χ4v) is 1.89. The summed E-state index contributed by atoms with van der Waals surface area (Å²) in [6.45, 7) is 2.43. The van der Waals surface area contributed by atoms with Crippen LogP contribution in [0.2, 0.25) is 0 Å². The van der Waals surface area contributed by atoms with Crippen molar-refractivity contribution < 1.29 is 9.84 Å². The van der Waals surface area contributed by atoms with Crippen LogP contribution >= 0.6 is 0 Å². The van der Waals surface area contributed by atoms with Crippen molar-refractivity contribution in [3.05, 3.63) is 29.8 Å². The minimum Gasteiger partial charge on any atom is -0.476 e. The number of aliphatic hydroxyl groups is 1. The average molecular weight is 251 g/mol. The summed E-state index contributed by atoms with van der Waals surface area (Å²) in [6, 6.07) is 8.16. The number of rotatable bonds is 9. The number of hydrogen-bond donors (Lipinski definition) is 2. The molecule has 0 heterocycles. The van der Waals surface area contributed by atoms with E-state index in [4.69, 9.17) is 15.6 Å². The maximum absolute atomic E-state index is 8.67. The molecule has 3 heteroatoms. The molecule has 0 saturated heterocycles. The lowest BCUT2D eigenvalue weighted by atomic mass is 10.1. The van der Waals surface area contributed by atoms with E-state index < -0.39 is 0 Å². The van der Waals surface area contributed by atoms with Gasteiger partial charge in [-0.3, -0.25) is 5.73 Å². The Morgan fingerprint density at radius 1 is 1.17 bits per heavy atom. The Balaban J connectivity index is 2.28. The lowest BCUT2D eigenvalue weighted by Crippen LogP contribution is -2.26. The van der Waals surface area contributed by atoms with E-state index in [-0.39, 0.29) is 12.8 Å². The Hall–Kier alpha value is -1.06. The Morgan fingerprint density at radius 2 is 1.89 bits per heavy atom. The van der Waals surface area contributed by atoms with Gasteiger partial charge in [-0.05, 0) is 43.4 Å². The third-order valence-electron chi connectivity index (χ3n) is 2.90. The molecule has 0 bridgehead atoms. The van der Waals surface area contributed by atoms with Gasteiger partial charge >= 0.3 is 0 Å². The van der Waals surface area contributed by atoms with Crippen molar-refractivity contribution in [1.29, 1.82) is 0 Å². The molecule has 0 aliphatic rings. The first-order chi connectivity index (χ1) is 8.76. The fourth-order valence-electron chi connectivity index (χ4n) is 1.89. The van der Waals surface area contributed by atoms with Crippen LogP contribution in [0.3, 0.4) is 0 Å². The molecule has 1 atom stereocenters. The summed E-state index contributed by atoms with van der Waals surface area (Å²) in [7, 11) is 0. The van der Waals surface area contributed by atoms with E-state index >= 15 is 0 Å². The van der Waals surface area contributed by atoms with Gasteiger partial charge in [0, 0.05) is 6.61 Å². The molecule has 102 valence electrons. The van der Waals surface area contributed by atoms with Crippen LogP contribution < -0.4 is 10.5 Å². The first-order valence-electron chi connectivity index (χ1n) is 6.88. The van der Waals surface area contributed by atoms with E-state index in [0.717, 1.165) is 44.3 Å². The molecule has 0 aliphatic carbocycles. The second kappa shape index (κ2) is 8.95. The highest BCUT2D eigenvalue weighted by Crippen LogP contribution is 2.15. The molecule has 0 spiro atoms. The van der Waals surface area contributed by atoms with Crippen molar-refractivity contribution in [3.63, 3.8) is 0 Å². The van der Waals surface area contributed by atoms with E-state index in [1.807, 2.05) is 12.1 Å². The summed E-state index contributed by atoms with van der Waals surface area (Å²) in [4.78, 5) is 0. The molecular weight excluding hydrogens is 226 g/mol. The Bertz CT molecular complexity index is 311. The largest absolute Gasteiger partial charge is 0.476 e. The number of unbranched alkanes of at least 4 members (excludes halogenated alkanes) is 2. The summed E-state index contributed by atoms with van der Waals surface area (Å²) in [5, 5.41) is 8.67. The molecule has 0 saturated carbocycles. The molecule has 18 heavy (non-hydrogen) atoms. The van der Waals surface area contributed by atoms with Gasteiger partial charge in [0.05, 0.1) is 0 Å². The monoisotopic (exact) mass is 251 g/mol. The summed E-state index contributed by atoms with van der Waals surface area (Å²) in [5.74, 6) is 0.838. The third-order valence-corrected chi connectivity index (χ3v) is 2.90. The van der Waals surface area contributed by atoms with Crippen LogP contribution in [0.25, 0.3) is 0 Å². The summed E-state index contributed by atoms with van der Waals surface area (Å²) in [6.07, 6.45) is 5.69. The second-order valence-electron chi connectivity index (χ2n) is 4.62. The quantitative estimate of drug-likeness (QED) is 0.524. The van der Waals surface area contributed by atoms with E-state index in [1.54, 1.807) is 0 Å². The van der Waals surface area contributed by atoms with Crippen LogP contribution in [-0.4, -0.2) is 17.9 Å². The average Bonchev–Trinajstić information content (AvgIpc) is 2.37. The minimum absolute atomic E-state index is 0.249. The van der Waals surface area contributed by atoms with Gasteiger partial charge in [-0.2, -0.15) is 0 Å². The highest BCUT2D eigenvalue weighted by Gasteiger charge is 2.04. The van der Waals surface area contributed by atoms with Gasteiger partial charge in [0.1, 0.15) is 12.0 Å². The molecule has 1 aromatic carbocycles. The number of aliphatic hydroxyl groups excluding tert-OH is 1. The summed E-state index contributed by atoms with van der Waals surface area (Å²) >= 11 is 0. The van der Waals surface area contributed by atoms with Crippen LogP contribution in [0.1, 0.15) is 44.6 Å². The van der Waals surface area contributed by atoms with E-state index in [0.29, 0.717) is 0 Å². The van der Waals surface area contributed by atoms with Crippen LogP contribution in [0, 0.1) is 0 Å². The third kappa shape index (κ3) is 6.03. The van der Waals surface area contributed by atoms with E-state index in [9.17, 15) is 0 Å². The van der Waals surface area contributed by atoms with Gasteiger partial charge in [-0.1, -0.05) is 31.9 Å². The molecule has 3 N–H and O–H groups in total. The first-order valence-corrected chi connectivity index (χ1v) is 6.88. The highest BCUT2D eigenvalue weighted by molar-refractivity contribution is 5.27. The number of hydrogen-bond acceptors (Lipinski definition) is 3. The normalized spacial score (nSPS) is 12.4. The lowest BCUT2D eigenvalue weighted by molar-refractivity contribution is 0.192. The summed E-state index contributed by atoms with van der Waals surface area (Å²) in [5.41, 5.74) is 7.23. The minimum atomic E-state index is -0.249. The van der Waals surface area contributed by atoms with Crippen LogP contribution in [0.5, 0.6) is 5.75 Å². The number of benzene rings is 1. The van der Waals surface area contributed by atoms with Crippen LogP contribution in [-0.2, 0) is 6.42 Å². The standard InChI is InChI=1S/C15H25NO2/c1-2-6-13-8-10-14(11-9-13)18-15(16)7-4-3-5-12-17/h8-11,15,17H,2-7,12,16H2,1H3. The topological polar surface area (TPSA) is 55.5 Å². The van der Waals surface area contributed by atoms with Crippen molar-refractivity contribution in [3.8, 4) is 5.75 Å².